The van der Waals surface area contributed by atoms with Crippen LogP contribution in [0.2, 0.25) is 5.15 Å². The average molecular weight is 419 g/mol. The van der Waals surface area contributed by atoms with Gasteiger partial charge in [-0.2, -0.15) is 10.2 Å². The number of nitrogens with zero attached hydrogens (tertiary/aromatic N) is 3. The number of rotatable bonds is 6. The van der Waals surface area contributed by atoms with Crippen molar-refractivity contribution in [2.24, 2.45) is 5.10 Å². The highest BCUT2D eigenvalue weighted by Gasteiger charge is 2.13. The number of amides is 1. The zero-order valence-corrected chi connectivity index (χ0v) is 17.0. The molecule has 150 valence electrons. The Labute approximate surface area is 178 Å². The minimum Gasteiger partial charge on any atom is -0.483 e. The van der Waals surface area contributed by atoms with Crippen LogP contribution < -0.4 is 10.2 Å². The molecule has 1 aromatic heterocycles. The third kappa shape index (κ3) is 4.18. The van der Waals surface area contributed by atoms with E-state index in [4.69, 9.17) is 16.3 Å². The molecule has 0 radical (unpaired) electrons. The second-order valence-electron chi connectivity index (χ2n) is 6.60. The number of aromatic nitrogens is 2. The molecule has 30 heavy (non-hydrogen) atoms. The summed E-state index contributed by atoms with van der Waals surface area (Å²) in [6.45, 7) is 1.68. The minimum absolute atomic E-state index is 0.151. The first kappa shape index (κ1) is 19.7. The normalized spacial score (nSPS) is 11.1. The molecule has 4 aromatic rings. The number of para-hydroxylation sites is 1. The van der Waals surface area contributed by atoms with E-state index in [0.29, 0.717) is 22.2 Å². The highest BCUT2D eigenvalue weighted by atomic mass is 35.5. The van der Waals surface area contributed by atoms with Crippen molar-refractivity contribution in [1.29, 1.82) is 0 Å². The van der Waals surface area contributed by atoms with Gasteiger partial charge in [0, 0.05) is 5.39 Å². The minimum atomic E-state index is -0.372. The van der Waals surface area contributed by atoms with E-state index in [2.05, 4.69) is 15.6 Å². The van der Waals surface area contributed by atoms with Crippen molar-refractivity contribution in [3.8, 4) is 11.4 Å². The number of hydrazone groups is 1. The molecule has 0 aliphatic rings. The molecule has 0 saturated heterocycles. The van der Waals surface area contributed by atoms with Gasteiger partial charge in [0.1, 0.15) is 10.9 Å². The second kappa shape index (κ2) is 8.80. The van der Waals surface area contributed by atoms with Gasteiger partial charge >= 0.3 is 0 Å². The molecule has 0 spiro atoms. The van der Waals surface area contributed by atoms with E-state index in [1.807, 2.05) is 79.7 Å². The van der Waals surface area contributed by atoms with Crippen LogP contribution in [0.1, 0.15) is 11.3 Å². The Morgan fingerprint density at radius 3 is 2.67 bits per heavy atom. The lowest BCUT2D eigenvalue weighted by atomic mass is 10.1. The molecule has 0 aliphatic carbocycles. The molecule has 0 saturated carbocycles. The Morgan fingerprint density at radius 2 is 1.83 bits per heavy atom. The van der Waals surface area contributed by atoms with Crippen molar-refractivity contribution >= 4 is 34.5 Å². The molecule has 1 N–H and O–H groups in total. The van der Waals surface area contributed by atoms with Gasteiger partial charge in [0.2, 0.25) is 0 Å². The van der Waals surface area contributed by atoms with Gasteiger partial charge in [-0.15, -0.1) is 0 Å². The highest BCUT2D eigenvalue weighted by molar-refractivity contribution is 6.32. The number of hydrogen-bond acceptors (Lipinski definition) is 4. The van der Waals surface area contributed by atoms with Crippen molar-refractivity contribution in [1.82, 2.24) is 15.2 Å². The molecule has 6 nitrogen and oxygen atoms in total. The lowest BCUT2D eigenvalue weighted by molar-refractivity contribution is -0.123. The zero-order chi connectivity index (χ0) is 20.9. The molecule has 7 heteroatoms. The smallest absolute Gasteiger partial charge is 0.277 e. The van der Waals surface area contributed by atoms with E-state index >= 15 is 0 Å². The molecular weight excluding hydrogens is 400 g/mol. The Morgan fingerprint density at radius 1 is 1.10 bits per heavy atom. The van der Waals surface area contributed by atoms with E-state index in [1.54, 1.807) is 4.68 Å². The third-order valence-electron chi connectivity index (χ3n) is 4.54. The third-order valence-corrected chi connectivity index (χ3v) is 4.90. The Bertz CT molecular complexity index is 1210. The lowest BCUT2D eigenvalue weighted by Gasteiger charge is -2.08. The van der Waals surface area contributed by atoms with E-state index in [9.17, 15) is 4.79 Å². The number of aryl methyl sites for hydroxylation is 1. The lowest BCUT2D eigenvalue weighted by Crippen LogP contribution is -2.24. The van der Waals surface area contributed by atoms with Crippen LogP contribution >= 0.6 is 11.6 Å². The van der Waals surface area contributed by atoms with Gasteiger partial charge in [-0.25, -0.2) is 10.1 Å². The number of nitrogens with one attached hydrogen (secondary N) is 1. The summed E-state index contributed by atoms with van der Waals surface area (Å²) in [5.74, 6) is 0.277. The molecule has 3 aromatic carbocycles. The SMILES string of the molecule is Cc1nn(-c2ccccc2)c(Cl)c1/C=N/NC(=O)COc1cccc2ccccc12. The number of hydrogen-bond donors (Lipinski definition) is 1. The predicted octanol–water partition coefficient (Wildman–Crippen LogP) is 4.52. The Hall–Kier alpha value is -3.64. The standard InChI is InChI=1S/C23H19ClN4O2/c1-16-20(23(24)28(27-16)18-10-3-2-4-11-18)14-25-26-22(29)15-30-21-13-7-9-17-8-5-6-12-19(17)21/h2-14H,15H2,1H3,(H,26,29)/b25-14+. The molecule has 0 bridgehead atoms. The summed E-state index contributed by atoms with van der Waals surface area (Å²) < 4.78 is 7.29. The van der Waals surface area contributed by atoms with Crippen molar-refractivity contribution in [2.45, 2.75) is 6.92 Å². The van der Waals surface area contributed by atoms with E-state index in [1.165, 1.54) is 6.21 Å². The first-order chi connectivity index (χ1) is 14.6. The van der Waals surface area contributed by atoms with Crippen LogP contribution in [0, 0.1) is 6.92 Å². The summed E-state index contributed by atoms with van der Waals surface area (Å²) in [7, 11) is 0. The Kier molecular flexibility index (Phi) is 5.77. The van der Waals surface area contributed by atoms with Crippen LogP contribution in [0.15, 0.2) is 77.9 Å². The monoisotopic (exact) mass is 418 g/mol. The molecular formula is C23H19ClN4O2. The summed E-state index contributed by atoms with van der Waals surface area (Å²) in [4.78, 5) is 12.1. The molecule has 0 aliphatic heterocycles. The summed E-state index contributed by atoms with van der Waals surface area (Å²) >= 11 is 6.45. The number of carbonyl (C=O) groups excluding carboxylic acids is 1. The number of benzene rings is 3. The van der Waals surface area contributed by atoms with Gasteiger partial charge in [0.05, 0.1) is 23.2 Å². The van der Waals surface area contributed by atoms with Crippen LogP contribution in [0.5, 0.6) is 5.75 Å². The maximum absolute atomic E-state index is 12.1. The molecule has 0 unspecified atom stereocenters. The van der Waals surface area contributed by atoms with Crippen LogP contribution in [0.3, 0.4) is 0 Å². The topological polar surface area (TPSA) is 68.5 Å². The maximum atomic E-state index is 12.1. The summed E-state index contributed by atoms with van der Waals surface area (Å²) in [5.41, 5.74) is 4.65. The first-order valence-electron chi connectivity index (χ1n) is 9.36. The van der Waals surface area contributed by atoms with Gasteiger partial charge in [0.15, 0.2) is 6.61 Å². The quantitative estimate of drug-likeness (QED) is 0.370. The molecule has 1 heterocycles. The van der Waals surface area contributed by atoms with Gasteiger partial charge in [0.25, 0.3) is 5.91 Å². The molecule has 0 fully saturated rings. The van der Waals surface area contributed by atoms with Crippen LogP contribution in [-0.2, 0) is 4.79 Å². The average Bonchev–Trinajstić information content (AvgIpc) is 3.06. The fraction of sp³-hybridized carbons (Fsp3) is 0.0870. The summed E-state index contributed by atoms with van der Waals surface area (Å²) in [6.07, 6.45) is 1.49. The van der Waals surface area contributed by atoms with Crippen LogP contribution in [0.4, 0.5) is 0 Å². The van der Waals surface area contributed by atoms with Crippen LogP contribution in [0.25, 0.3) is 16.5 Å². The largest absolute Gasteiger partial charge is 0.483 e. The van der Waals surface area contributed by atoms with Crippen molar-refractivity contribution < 1.29 is 9.53 Å². The zero-order valence-electron chi connectivity index (χ0n) is 16.2. The second-order valence-corrected chi connectivity index (χ2v) is 6.95. The summed E-state index contributed by atoms with van der Waals surface area (Å²) in [5, 5.41) is 10.9. The molecule has 4 rings (SSSR count). The molecule has 0 atom stereocenters. The maximum Gasteiger partial charge on any atom is 0.277 e. The van der Waals surface area contributed by atoms with Gasteiger partial charge in [-0.05, 0) is 30.5 Å². The van der Waals surface area contributed by atoms with Gasteiger partial charge in [-0.3, -0.25) is 4.79 Å². The first-order valence-corrected chi connectivity index (χ1v) is 9.74. The molecule has 1 amide bonds. The fourth-order valence-electron chi connectivity index (χ4n) is 3.06. The Balaban J connectivity index is 1.40. The van der Waals surface area contributed by atoms with Crippen molar-refractivity contribution in [3.63, 3.8) is 0 Å². The van der Waals surface area contributed by atoms with Gasteiger partial charge < -0.3 is 4.74 Å². The van der Waals surface area contributed by atoms with E-state index in [0.717, 1.165) is 16.5 Å². The number of fused-ring (bicyclic) bond motifs is 1. The predicted molar refractivity (Wildman–Crippen MR) is 118 cm³/mol. The number of carbonyl (C=O) groups is 1. The van der Waals surface area contributed by atoms with Crippen LogP contribution in [-0.4, -0.2) is 28.5 Å². The number of ether oxygens (including phenoxy) is 1. The van der Waals surface area contributed by atoms with Crippen molar-refractivity contribution in [3.05, 3.63) is 89.2 Å². The highest BCUT2D eigenvalue weighted by Crippen LogP contribution is 2.25. The van der Waals surface area contributed by atoms with Gasteiger partial charge in [-0.1, -0.05) is 66.2 Å². The summed E-state index contributed by atoms with van der Waals surface area (Å²) in [6, 6.07) is 23.1. The van der Waals surface area contributed by atoms with E-state index in [-0.39, 0.29) is 12.5 Å². The fourth-order valence-corrected chi connectivity index (χ4v) is 3.38. The number of halogens is 1. The van der Waals surface area contributed by atoms with Crippen molar-refractivity contribution in [2.75, 3.05) is 6.61 Å². The van der Waals surface area contributed by atoms with E-state index < -0.39 is 0 Å².